The Morgan fingerprint density at radius 2 is 2.28 bits per heavy atom. The number of nitro groups is 1. The summed E-state index contributed by atoms with van der Waals surface area (Å²) in [4.78, 5) is 14.8. The van der Waals surface area contributed by atoms with Crippen LogP contribution in [0.4, 0.5) is 17.3 Å². The number of rotatable bonds is 6. The van der Waals surface area contributed by atoms with Gasteiger partial charge in [-0.2, -0.15) is 0 Å². The highest BCUT2D eigenvalue weighted by Crippen LogP contribution is 2.37. The van der Waals surface area contributed by atoms with E-state index >= 15 is 0 Å². The van der Waals surface area contributed by atoms with Crippen molar-refractivity contribution in [1.82, 2.24) is 4.98 Å². The number of anilines is 2. The third-order valence-electron chi connectivity index (χ3n) is 3.20. The maximum absolute atomic E-state index is 10.9. The Labute approximate surface area is 106 Å². The van der Waals surface area contributed by atoms with E-state index in [-0.39, 0.29) is 5.69 Å². The Bertz CT molecular complexity index is 450. The highest BCUT2D eigenvalue weighted by Gasteiger charge is 2.36. The fourth-order valence-electron chi connectivity index (χ4n) is 2.04. The van der Waals surface area contributed by atoms with E-state index in [0.717, 1.165) is 19.4 Å². The first kappa shape index (κ1) is 12.6. The largest absolute Gasteiger partial charge is 0.370 e. The average Bonchev–Trinajstić information content (AvgIpc) is 3.08. The summed E-state index contributed by atoms with van der Waals surface area (Å²) in [6.07, 6.45) is 2.17. The van der Waals surface area contributed by atoms with Crippen LogP contribution in [0.1, 0.15) is 26.7 Å². The van der Waals surface area contributed by atoms with Gasteiger partial charge in [-0.05, 0) is 25.3 Å². The first-order chi connectivity index (χ1) is 8.65. The number of pyridine rings is 1. The zero-order valence-corrected chi connectivity index (χ0v) is 10.6. The molecule has 0 amide bonds. The molecule has 0 aromatic carbocycles. The first-order valence-electron chi connectivity index (χ1n) is 6.31. The van der Waals surface area contributed by atoms with Gasteiger partial charge in [0.15, 0.2) is 0 Å². The molecule has 1 aromatic heterocycles. The Hall–Kier alpha value is -1.85. The van der Waals surface area contributed by atoms with E-state index < -0.39 is 4.92 Å². The molecule has 1 fully saturated rings. The highest BCUT2D eigenvalue weighted by atomic mass is 16.6. The SMILES string of the molecule is CCNc1ccc([N+](=O)[O-])c(NC2CC2CC)n1. The van der Waals surface area contributed by atoms with Crippen LogP contribution in [0.25, 0.3) is 0 Å². The van der Waals surface area contributed by atoms with Gasteiger partial charge in [0, 0.05) is 18.7 Å². The van der Waals surface area contributed by atoms with Crippen molar-refractivity contribution in [3.8, 4) is 0 Å². The fourth-order valence-corrected chi connectivity index (χ4v) is 2.04. The molecule has 2 atom stereocenters. The molecule has 1 saturated carbocycles. The highest BCUT2D eigenvalue weighted by molar-refractivity contribution is 5.61. The van der Waals surface area contributed by atoms with Gasteiger partial charge >= 0.3 is 5.69 Å². The van der Waals surface area contributed by atoms with Crippen molar-refractivity contribution < 1.29 is 4.92 Å². The number of nitrogens with one attached hydrogen (secondary N) is 2. The number of hydrogen-bond donors (Lipinski definition) is 2. The topological polar surface area (TPSA) is 80.1 Å². The first-order valence-corrected chi connectivity index (χ1v) is 6.31. The van der Waals surface area contributed by atoms with E-state index in [1.54, 1.807) is 6.07 Å². The molecule has 1 aliphatic carbocycles. The molecule has 0 aliphatic heterocycles. The minimum absolute atomic E-state index is 0.0402. The number of nitrogens with zero attached hydrogens (tertiary/aromatic N) is 2. The second kappa shape index (κ2) is 5.20. The Morgan fingerprint density at radius 1 is 1.50 bits per heavy atom. The van der Waals surface area contributed by atoms with Crippen LogP contribution in [0.5, 0.6) is 0 Å². The molecular formula is C12H18N4O2. The molecule has 6 nitrogen and oxygen atoms in total. The summed E-state index contributed by atoms with van der Waals surface area (Å²) in [6.45, 7) is 4.83. The van der Waals surface area contributed by atoms with Crippen molar-refractivity contribution in [1.29, 1.82) is 0 Å². The van der Waals surface area contributed by atoms with Crippen LogP contribution in [0.3, 0.4) is 0 Å². The molecule has 2 N–H and O–H groups in total. The third-order valence-corrected chi connectivity index (χ3v) is 3.20. The molecule has 18 heavy (non-hydrogen) atoms. The van der Waals surface area contributed by atoms with Crippen molar-refractivity contribution in [3.05, 3.63) is 22.2 Å². The second-order valence-corrected chi connectivity index (χ2v) is 4.51. The Kier molecular flexibility index (Phi) is 3.64. The van der Waals surface area contributed by atoms with Gasteiger partial charge in [0.1, 0.15) is 5.82 Å². The summed E-state index contributed by atoms with van der Waals surface area (Å²) in [6, 6.07) is 3.46. The zero-order chi connectivity index (χ0) is 13.1. The van der Waals surface area contributed by atoms with Gasteiger partial charge in [0.25, 0.3) is 0 Å². The van der Waals surface area contributed by atoms with E-state index in [2.05, 4.69) is 22.5 Å². The van der Waals surface area contributed by atoms with Gasteiger partial charge in [0.2, 0.25) is 5.82 Å². The fraction of sp³-hybridized carbons (Fsp3) is 0.583. The molecule has 0 spiro atoms. The van der Waals surface area contributed by atoms with Crippen molar-refractivity contribution >= 4 is 17.3 Å². The van der Waals surface area contributed by atoms with Crippen LogP contribution >= 0.6 is 0 Å². The van der Waals surface area contributed by atoms with E-state index in [0.29, 0.717) is 23.6 Å². The predicted molar refractivity (Wildman–Crippen MR) is 70.9 cm³/mol. The summed E-state index contributed by atoms with van der Waals surface area (Å²) in [5, 5.41) is 17.2. The quantitative estimate of drug-likeness (QED) is 0.599. The van der Waals surface area contributed by atoms with Gasteiger partial charge < -0.3 is 10.6 Å². The molecular weight excluding hydrogens is 232 g/mol. The second-order valence-electron chi connectivity index (χ2n) is 4.51. The van der Waals surface area contributed by atoms with E-state index in [4.69, 9.17) is 0 Å². The minimum atomic E-state index is -0.394. The monoisotopic (exact) mass is 250 g/mol. The molecule has 98 valence electrons. The minimum Gasteiger partial charge on any atom is -0.370 e. The van der Waals surface area contributed by atoms with Crippen LogP contribution in [-0.2, 0) is 0 Å². The van der Waals surface area contributed by atoms with Gasteiger partial charge in [-0.1, -0.05) is 13.3 Å². The molecule has 6 heteroatoms. The maximum Gasteiger partial charge on any atom is 0.311 e. The van der Waals surface area contributed by atoms with Crippen LogP contribution in [0, 0.1) is 16.0 Å². The third kappa shape index (κ3) is 2.69. The normalized spacial score (nSPS) is 21.4. The number of aromatic nitrogens is 1. The van der Waals surface area contributed by atoms with Crippen molar-refractivity contribution in [2.75, 3.05) is 17.2 Å². The molecule has 1 heterocycles. The lowest BCUT2D eigenvalue weighted by Crippen LogP contribution is -2.10. The predicted octanol–water partition coefficient (Wildman–Crippen LogP) is 2.63. The van der Waals surface area contributed by atoms with E-state index in [1.165, 1.54) is 6.07 Å². The van der Waals surface area contributed by atoms with Crippen molar-refractivity contribution in [3.63, 3.8) is 0 Å². The lowest BCUT2D eigenvalue weighted by Gasteiger charge is -2.08. The van der Waals surface area contributed by atoms with Gasteiger partial charge in [0.05, 0.1) is 4.92 Å². The summed E-state index contributed by atoms with van der Waals surface area (Å²) in [5.74, 6) is 1.66. The summed E-state index contributed by atoms with van der Waals surface area (Å²) < 4.78 is 0. The Morgan fingerprint density at radius 3 is 2.83 bits per heavy atom. The van der Waals surface area contributed by atoms with Gasteiger partial charge in [-0.3, -0.25) is 10.1 Å². The van der Waals surface area contributed by atoms with Crippen molar-refractivity contribution in [2.24, 2.45) is 5.92 Å². The van der Waals surface area contributed by atoms with E-state index in [9.17, 15) is 10.1 Å². The molecule has 1 aromatic rings. The number of hydrogen-bond acceptors (Lipinski definition) is 5. The molecule has 2 rings (SSSR count). The summed E-state index contributed by atoms with van der Waals surface area (Å²) >= 11 is 0. The lowest BCUT2D eigenvalue weighted by molar-refractivity contribution is -0.384. The smallest absolute Gasteiger partial charge is 0.311 e. The molecule has 0 radical (unpaired) electrons. The molecule has 1 aliphatic rings. The standard InChI is InChI=1S/C12H18N4O2/c1-3-8-7-9(8)14-12-10(16(17)18)5-6-11(15-12)13-4-2/h5-6,8-9H,3-4,7H2,1-2H3,(H2,13,14,15). The van der Waals surface area contributed by atoms with Crippen LogP contribution in [-0.4, -0.2) is 22.5 Å². The summed E-state index contributed by atoms with van der Waals surface area (Å²) in [5.41, 5.74) is 0.0402. The molecule has 0 saturated heterocycles. The van der Waals surface area contributed by atoms with Crippen molar-refractivity contribution in [2.45, 2.75) is 32.7 Å². The van der Waals surface area contributed by atoms with Crippen LogP contribution in [0.15, 0.2) is 12.1 Å². The molecule has 0 bridgehead atoms. The maximum atomic E-state index is 10.9. The van der Waals surface area contributed by atoms with Crippen LogP contribution in [0.2, 0.25) is 0 Å². The lowest BCUT2D eigenvalue weighted by atomic mass is 10.3. The Balaban J connectivity index is 2.18. The zero-order valence-electron chi connectivity index (χ0n) is 10.6. The molecule has 2 unspecified atom stereocenters. The average molecular weight is 250 g/mol. The summed E-state index contributed by atoms with van der Waals surface area (Å²) in [7, 11) is 0. The van der Waals surface area contributed by atoms with Gasteiger partial charge in [-0.25, -0.2) is 4.98 Å². The van der Waals surface area contributed by atoms with Crippen LogP contribution < -0.4 is 10.6 Å². The van der Waals surface area contributed by atoms with Gasteiger partial charge in [-0.15, -0.1) is 0 Å². The van der Waals surface area contributed by atoms with E-state index in [1.807, 2.05) is 6.92 Å².